The second kappa shape index (κ2) is 4.23. The number of aromatic nitrogens is 2. The maximum absolute atomic E-state index is 11.2. The number of anilines is 1. The van der Waals surface area contributed by atoms with Crippen molar-refractivity contribution in [3.63, 3.8) is 0 Å². The molecule has 1 N–H and O–H groups in total. The fourth-order valence-electron chi connectivity index (χ4n) is 2.54. The average Bonchev–Trinajstić information content (AvgIpc) is 3.05. The molecule has 1 aliphatic carbocycles. The molecule has 3 rings (SSSR count). The largest absolute Gasteiger partial charge is 0.480 e. The van der Waals surface area contributed by atoms with Crippen LogP contribution in [0, 0.1) is 6.92 Å². The van der Waals surface area contributed by atoms with Crippen LogP contribution in [0.4, 0.5) is 5.82 Å². The normalized spacial score (nSPS) is 23.4. The minimum Gasteiger partial charge on any atom is -0.480 e. The van der Waals surface area contributed by atoms with Crippen molar-refractivity contribution >= 4 is 11.8 Å². The molecule has 2 fully saturated rings. The fourth-order valence-corrected chi connectivity index (χ4v) is 2.54. The third-order valence-corrected chi connectivity index (χ3v) is 3.63. The predicted octanol–water partition coefficient (Wildman–Crippen LogP) is 1.72. The molecule has 2 heterocycles. The minimum atomic E-state index is -0.753. The van der Waals surface area contributed by atoms with Gasteiger partial charge in [0.05, 0.1) is 0 Å². The lowest BCUT2D eigenvalue weighted by Gasteiger charge is -2.23. The van der Waals surface area contributed by atoms with E-state index in [1.807, 2.05) is 17.9 Å². The molecule has 5 nitrogen and oxygen atoms in total. The lowest BCUT2D eigenvalue weighted by molar-refractivity contribution is -0.138. The van der Waals surface area contributed by atoms with Crippen molar-refractivity contribution in [3.8, 4) is 0 Å². The third-order valence-electron chi connectivity index (χ3n) is 3.63. The van der Waals surface area contributed by atoms with Gasteiger partial charge in [-0.3, -0.25) is 0 Å². The third kappa shape index (κ3) is 2.05. The Morgan fingerprint density at radius 1 is 1.39 bits per heavy atom. The predicted molar refractivity (Wildman–Crippen MR) is 66.7 cm³/mol. The van der Waals surface area contributed by atoms with Crippen LogP contribution in [0.15, 0.2) is 6.07 Å². The molecule has 0 bridgehead atoms. The molecule has 1 atom stereocenters. The van der Waals surface area contributed by atoms with Gasteiger partial charge in [0.15, 0.2) is 0 Å². The van der Waals surface area contributed by atoms with E-state index in [-0.39, 0.29) is 0 Å². The first-order valence-corrected chi connectivity index (χ1v) is 6.50. The molecule has 96 valence electrons. The first kappa shape index (κ1) is 11.4. The first-order valence-electron chi connectivity index (χ1n) is 6.50. The summed E-state index contributed by atoms with van der Waals surface area (Å²) in [7, 11) is 0. The highest BCUT2D eigenvalue weighted by molar-refractivity contribution is 5.78. The number of rotatable bonds is 3. The summed E-state index contributed by atoms with van der Waals surface area (Å²) in [6.45, 7) is 2.72. The zero-order valence-corrected chi connectivity index (χ0v) is 10.5. The Hall–Kier alpha value is -1.65. The number of carbonyl (C=O) groups is 1. The van der Waals surface area contributed by atoms with Crippen molar-refractivity contribution in [2.75, 3.05) is 11.4 Å². The van der Waals surface area contributed by atoms with Crippen LogP contribution in [0.25, 0.3) is 0 Å². The van der Waals surface area contributed by atoms with Crippen molar-refractivity contribution in [1.29, 1.82) is 0 Å². The maximum Gasteiger partial charge on any atom is 0.326 e. The van der Waals surface area contributed by atoms with Crippen LogP contribution in [0.3, 0.4) is 0 Å². The van der Waals surface area contributed by atoms with Crippen molar-refractivity contribution in [2.45, 2.75) is 44.6 Å². The summed E-state index contributed by atoms with van der Waals surface area (Å²) < 4.78 is 0. The summed E-state index contributed by atoms with van der Waals surface area (Å²) in [5.41, 5.74) is 0.929. The molecular formula is C13H17N3O2. The van der Waals surface area contributed by atoms with Crippen LogP contribution < -0.4 is 4.90 Å². The molecule has 1 aromatic heterocycles. The van der Waals surface area contributed by atoms with Gasteiger partial charge in [-0.1, -0.05) is 0 Å². The smallest absolute Gasteiger partial charge is 0.326 e. The van der Waals surface area contributed by atoms with E-state index in [2.05, 4.69) is 9.97 Å². The van der Waals surface area contributed by atoms with Crippen molar-refractivity contribution in [3.05, 3.63) is 17.6 Å². The van der Waals surface area contributed by atoms with E-state index in [1.165, 1.54) is 0 Å². The Bertz CT molecular complexity index is 485. The lowest BCUT2D eigenvalue weighted by atomic mass is 10.2. The number of carboxylic acids is 1. The zero-order valence-electron chi connectivity index (χ0n) is 10.5. The minimum absolute atomic E-state index is 0.425. The van der Waals surface area contributed by atoms with Crippen LogP contribution in [-0.2, 0) is 4.79 Å². The van der Waals surface area contributed by atoms with Crippen LogP contribution in [0.5, 0.6) is 0 Å². The Kier molecular flexibility index (Phi) is 2.69. The Balaban J connectivity index is 1.93. The van der Waals surface area contributed by atoms with E-state index in [9.17, 15) is 9.90 Å². The molecular weight excluding hydrogens is 230 g/mol. The summed E-state index contributed by atoms with van der Waals surface area (Å²) >= 11 is 0. The van der Waals surface area contributed by atoms with E-state index >= 15 is 0 Å². The van der Waals surface area contributed by atoms with Crippen LogP contribution in [0.2, 0.25) is 0 Å². The molecule has 5 heteroatoms. The second-order valence-corrected chi connectivity index (χ2v) is 5.19. The first-order chi connectivity index (χ1) is 8.65. The Morgan fingerprint density at radius 3 is 2.83 bits per heavy atom. The highest BCUT2D eigenvalue weighted by Crippen LogP contribution is 2.39. The van der Waals surface area contributed by atoms with Gasteiger partial charge in [-0.05, 0) is 32.6 Å². The van der Waals surface area contributed by atoms with E-state index in [0.717, 1.165) is 43.1 Å². The molecule has 0 amide bonds. The quantitative estimate of drug-likeness (QED) is 0.880. The highest BCUT2D eigenvalue weighted by Gasteiger charge is 2.33. The van der Waals surface area contributed by atoms with Gasteiger partial charge in [-0.2, -0.15) is 0 Å². The number of aryl methyl sites for hydroxylation is 1. The van der Waals surface area contributed by atoms with Gasteiger partial charge in [-0.15, -0.1) is 0 Å². The molecule has 0 radical (unpaired) electrons. The van der Waals surface area contributed by atoms with Gasteiger partial charge in [-0.25, -0.2) is 14.8 Å². The number of hydrogen-bond donors (Lipinski definition) is 1. The summed E-state index contributed by atoms with van der Waals surface area (Å²) in [5.74, 6) is 1.42. The van der Waals surface area contributed by atoms with Gasteiger partial charge in [0, 0.05) is 24.2 Å². The van der Waals surface area contributed by atoms with E-state index in [4.69, 9.17) is 0 Å². The number of hydrogen-bond acceptors (Lipinski definition) is 4. The molecule has 2 aliphatic rings. The molecule has 0 spiro atoms. The fraction of sp³-hybridized carbons (Fsp3) is 0.615. The highest BCUT2D eigenvalue weighted by atomic mass is 16.4. The molecule has 0 aromatic carbocycles. The standard InChI is InChI=1S/C13H17N3O2/c1-8-7-11(15-12(14-8)9-4-5-9)16-6-2-3-10(16)13(17)18/h7,9-10H,2-6H2,1H3,(H,17,18)/t10-/m0/s1. The monoisotopic (exact) mass is 247 g/mol. The van der Waals surface area contributed by atoms with Gasteiger partial charge in [0.25, 0.3) is 0 Å². The maximum atomic E-state index is 11.2. The summed E-state index contributed by atoms with van der Waals surface area (Å²) in [6, 6.07) is 1.47. The number of aliphatic carboxylic acids is 1. The number of carboxylic acid groups (broad SMARTS) is 1. The van der Waals surface area contributed by atoms with E-state index < -0.39 is 12.0 Å². The molecule has 18 heavy (non-hydrogen) atoms. The molecule has 1 aliphatic heterocycles. The lowest BCUT2D eigenvalue weighted by Crippen LogP contribution is -2.36. The van der Waals surface area contributed by atoms with Crippen LogP contribution in [0.1, 0.15) is 43.1 Å². The van der Waals surface area contributed by atoms with E-state index in [0.29, 0.717) is 12.3 Å². The van der Waals surface area contributed by atoms with E-state index in [1.54, 1.807) is 0 Å². The topological polar surface area (TPSA) is 66.3 Å². The van der Waals surface area contributed by atoms with Crippen LogP contribution in [-0.4, -0.2) is 33.6 Å². The van der Waals surface area contributed by atoms with Gasteiger partial charge < -0.3 is 10.0 Å². The second-order valence-electron chi connectivity index (χ2n) is 5.19. The molecule has 1 saturated carbocycles. The summed E-state index contributed by atoms with van der Waals surface area (Å²) in [4.78, 5) is 22.1. The molecule has 0 unspecified atom stereocenters. The van der Waals surface area contributed by atoms with Crippen molar-refractivity contribution in [1.82, 2.24) is 9.97 Å². The van der Waals surface area contributed by atoms with Crippen molar-refractivity contribution in [2.24, 2.45) is 0 Å². The van der Waals surface area contributed by atoms with Crippen LogP contribution >= 0.6 is 0 Å². The average molecular weight is 247 g/mol. The molecule has 1 saturated heterocycles. The summed E-state index contributed by atoms with van der Waals surface area (Å²) in [6.07, 6.45) is 3.94. The van der Waals surface area contributed by atoms with Gasteiger partial charge >= 0.3 is 5.97 Å². The SMILES string of the molecule is Cc1cc(N2CCC[C@H]2C(=O)O)nc(C2CC2)n1. The number of nitrogens with zero attached hydrogens (tertiary/aromatic N) is 3. The Labute approximate surface area is 106 Å². The van der Waals surface area contributed by atoms with Gasteiger partial charge in [0.1, 0.15) is 17.7 Å². The molecule has 1 aromatic rings. The summed E-state index contributed by atoms with van der Waals surface area (Å²) in [5, 5.41) is 9.22. The zero-order chi connectivity index (χ0) is 12.7. The Morgan fingerprint density at radius 2 is 2.17 bits per heavy atom. The van der Waals surface area contributed by atoms with Crippen molar-refractivity contribution < 1.29 is 9.90 Å². The van der Waals surface area contributed by atoms with Gasteiger partial charge in [0.2, 0.25) is 0 Å².